The van der Waals surface area contributed by atoms with Crippen molar-refractivity contribution in [1.29, 1.82) is 0 Å². The highest BCUT2D eigenvalue weighted by molar-refractivity contribution is 6.25. The van der Waals surface area contributed by atoms with Crippen LogP contribution in [0.5, 0.6) is 0 Å². The second-order valence-electron chi connectivity index (χ2n) is 13.3. The van der Waals surface area contributed by atoms with Crippen LogP contribution in [0.1, 0.15) is 11.3 Å². The molecule has 0 unspecified atom stereocenters. The Hall–Kier alpha value is -6.84. The fourth-order valence-corrected chi connectivity index (χ4v) is 7.71. The van der Waals surface area contributed by atoms with Crippen LogP contribution >= 0.6 is 0 Å². The standard InChI is InChI=1S/C49H32N2O/c1-4-14-32(15-5-1)30-36-31-44(35-19-8-3-9-20-35)51-49(50-36)43-28-27-42(48-47(43)46-38-21-11-10-18-34(38)24-29-45(46)52-48)41-26-25-37(33-16-6-2-7-17-33)39-22-12-13-23-40(39)41/h1-29,31H,30H2. The van der Waals surface area contributed by atoms with E-state index in [9.17, 15) is 0 Å². The van der Waals surface area contributed by atoms with Gasteiger partial charge in [0.15, 0.2) is 5.82 Å². The van der Waals surface area contributed by atoms with Gasteiger partial charge in [-0.3, -0.25) is 0 Å². The summed E-state index contributed by atoms with van der Waals surface area (Å²) in [5.74, 6) is 0.684. The first-order valence-corrected chi connectivity index (χ1v) is 17.7. The average Bonchev–Trinajstić information content (AvgIpc) is 3.62. The second-order valence-corrected chi connectivity index (χ2v) is 13.3. The van der Waals surface area contributed by atoms with Crippen molar-refractivity contribution in [2.24, 2.45) is 0 Å². The van der Waals surface area contributed by atoms with E-state index in [0.717, 1.165) is 66.4 Å². The minimum atomic E-state index is 0.684. The minimum absolute atomic E-state index is 0.684. The molecular formula is C49H32N2O. The SMILES string of the molecule is c1ccc(Cc2cc(-c3ccccc3)nc(-c3ccc(-c4ccc(-c5ccccc5)c5ccccc45)c4oc5ccc6ccccc6c5c34)n2)cc1. The maximum atomic E-state index is 6.96. The summed E-state index contributed by atoms with van der Waals surface area (Å²) in [6.07, 6.45) is 0.701. The van der Waals surface area contributed by atoms with Gasteiger partial charge in [-0.25, -0.2) is 9.97 Å². The van der Waals surface area contributed by atoms with E-state index in [0.29, 0.717) is 12.2 Å². The van der Waals surface area contributed by atoms with E-state index in [-0.39, 0.29) is 0 Å². The van der Waals surface area contributed by atoms with Crippen molar-refractivity contribution >= 4 is 43.5 Å². The van der Waals surface area contributed by atoms with E-state index in [1.807, 2.05) is 6.07 Å². The molecule has 3 nitrogen and oxygen atoms in total. The molecule has 0 aliphatic rings. The topological polar surface area (TPSA) is 38.9 Å². The van der Waals surface area contributed by atoms with Crippen LogP contribution < -0.4 is 0 Å². The van der Waals surface area contributed by atoms with E-state index in [4.69, 9.17) is 14.4 Å². The average molecular weight is 665 g/mol. The molecule has 0 N–H and O–H groups in total. The smallest absolute Gasteiger partial charge is 0.160 e. The molecular weight excluding hydrogens is 633 g/mol. The lowest BCUT2D eigenvalue weighted by Crippen LogP contribution is -2.00. The lowest BCUT2D eigenvalue weighted by atomic mass is 9.90. The first-order valence-electron chi connectivity index (χ1n) is 17.7. The van der Waals surface area contributed by atoms with Gasteiger partial charge in [-0.15, -0.1) is 0 Å². The molecule has 0 saturated heterocycles. The maximum absolute atomic E-state index is 6.96. The van der Waals surface area contributed by atoms with Gasteiger partial charge in [-0.05, 0) is 68.1 Å². The molecule has 244 valence electrons. The Morgan fingerprint density at radius 3 is 1.79 bits per heavy atom. The van der Waals surface area contributed by atoms with E-state index >= 15 is 0 Å². The van der Waals surface area contributed by atoms with Gasteiger partial charge in [0.05, 0.1) is 5.69 Å². The molecule has 10 aromatic rings. The van der Waals surface area contributed by atoms with E-state index in [2.05, 4.69) is 176 Å². The molecule has 0 aliphatic heterocycles. The van der Waals surface area contributed by atoms with Crippen LogP contribution in [0.4, 0.5) is 0 Å². The van der Waals surface area contributed by atoms with Gasteiger partial charge in [0.2, 0.25) is 0 Å². The summed E-state index contributed by atoms with van der Waals surface area (Å²) in [7, 11) is 0. The fraction of sp³-hybridized carbons (Fsp3) is 0.0204. The highest BCUT2D eigenvalue weighted by Gasteiger charge is 2.22. The van der Waals surface area contributed by atoms with Gasteiger partial charge in [-0.2, -0.15) is 0 Å². The summed E-state index contributed by atoms with van der Waals surface area (Å²) in [6, 6.07) is 64.0. The number of hydrogen-bond acceptors (Lipinski definition) is 3. The Labute approximate surface area is 301 Å². The van der Waals surface area contributed by atoms with E-state index < -0.39 is 0 Å². The van der Waals surface area contributed by atoms with Crippen LogP contribution in [-0.2, 0) is 6.42 Å². The van der Waals surface area contributed by atoms with Crippen LogP contribution in [0.3, 0.4) is 0 Å². The summed E-state index contributed by atoms with van der Waals surface area (Å²) in [6.45, 7) is 0. The van der Waals surface area contributed by atoms with Crippen molar-refractivity contribution in [1.82, 2.24) is 9.97 Å². The monoisotopic (exact) mass is 664 g/mol. The van der Waals surface area contributed by atoms with Crippen molar-refractivity contribution in [3.05, 3.63) is 193 Å². The van der Waals surface area contributed by atoms with Crippen molar-refractivity contribution < 1.29 is 4.42 Å². The van der Waals surface area contributed by atoms with Gasteiger partial charge in [-0.1, -0.05) is 158 Å². The van der Waals surface area contributed by atoms with E-state index in [1.165, 1.54) is 27.5 Å². The lowest BCUT2D eigenvalue weighted by molar-refractivity contribution is 0.670. The predicted octanol–water partition coefficient (Wildman–Crippen LogP) is 12.9. The van der Waals surface area contributed by atoms with Gasteiger partial charge in [0, 0.05) is 39.6 Å². The van der Waals surface area contributed by atoms with Crippen LogP contribution in [0.15, 0.2) is 186 Å². The Kier molecular flexibility index (Phi) is 7.21. The van der Waals surface area contributed by atoms with Crippen molar-refractivity contribution in [3.8, 4) is 44.9 Å². The number of rotatable bonds is 6. The van der Waals surface area contributed by atoms with Gasteiger partial charge in [0.1, 0.15) is 11.2 Å². The zero-order valence-electron chi connectivity index (χ0n) is 28.3. The molecule has 0 atom stereocenters. The number of benzene rings is 8. The molecule has 0 aliphatic carbocycles. The Morgan fingerprint density at radius 1 is 0.423 bits per heavy atom. The zero-order valence-corrected chi connectivity index (χ0v) is 28.3. The summed E-state index contributed by atoms with van der Waals surface area (Å²) >= 11 is 0. The molecule has 3 heteroatoms. The van der Waals surface area contributed by atoms with Gasteiger partial charge >= 0.3 is 0 Å². The number of furan rings is 1. The highest BCUT2D eigenvalue weighted by atomic mass is 16.3. The molecule has 8 aromatic carbocycles. The summed E-state index contributed by atoms with van der Waals surface area (Å²) in [4.78, 5) is 10.6. The molecule has 0 spiro atoms. The third-order valence-corrected chi connectivity index (χ3v) is 10.1. The maximum Gasteiger partial charge on any atom is 0.160 e. The van der Waals surface area contributed by atoms with Crippen LogP contribution in [0.25, 0.3) is 88.4 Å². The van der Waals surface area contributed by atoms with Crippen LogP contribution in [0.2, 0.25) is 0 Å². The first kappa shape index (κ1) is 30.0. The Morgan fingerprint density at radius 2 is 1.02 bits per heavy atom. The molecule has 0 radical (unpaired) electrons. The molecule has 0 saturated carbocycles. The Balaban J connectivity index is 1.26. The molecule has 52 heavy (non-hydrogen) atoms. The van der Waals surface area contributed by atoms with Crippen molar-refractivity contribution in [2.75, 3.05) is 0 Å². The zero-order chi connectivity index (χ0) is 34.4. The van der Waals surface area contributed by atoms with Crippen LogP contribution in [0, 0.1) is 0 Å². The minimum Gasteiger partial charge on any atom is -0.455 e. The van der Waals surface area contributed by atoms with E-state index in [1.54, 1.807) is 0 Å². The third kappa shape index (κ3) is 5.14. The second kappa shape index (κ2) is 12.5. The number of hydrogen-bond donors (Lipinski definition) is 0. The molecule has 10 rings (SSSR count). The quantitative estimate of drug-likeness (QED) is 0.178. The molecule has 0 amide bonds. The molecule has 2 heterocycles. The Bertz CT molecular complexity index is 2910. The molecule has 0 bridgehead atoms. The van der Waals surface area contributed by atoms with Crippen LogP contribution in [-0.4, -0.2) is 9.97 Å². The largest absolute Gasteiger partial charge is 0.455 e. The number of fused-ring (bicyclic) bond motifs is 6. The van der Waals surface area contributed by atoms with Gasteiger partial charge in [0.25, 0.3) is 0 Å². The van der Waals surface area contributed by atoms with Gasteiger partial charge < -0.3 is 4.42 Å². The predicted molar refractivity (Wildman–Crippen MR) is 215 cm³/mol. The summed E-state index contributed by atoms with van der Waals surface area (Å²) in [5, 5.41) is 6.79. The van der Waals surface area contributed by atoms with Crippen molar-refractivity contribution in [3.63, 3.8) is 0 Å². The fourth-order valence-electron chi connectivity index (χ4n) is 7.71. The number of nitrogens with zero attached hydrogens (tertiary/aromatic N) is 2. The number of aromatic nitrogens is 2. The first-order chi connectivity index (χ1) is 25.8. The summed E-state index contributed by atoms with van der Waals surface area (Å²) < 4.78 is 6.96. The summed E-state index contributed by atoms with van der Waals surface area (Å²) in [5.41, 5.74) is 11.3. The highest BCUT2D eigenvalue weighted by Crippen LogP contribution is 2.46. The normalized spacial score (nSPS) is 11.5. The molecule has 0 fully saturated rings. The molecule has 2 aromatic heterocycles. The third-order valence-electron chi connectivity index (χ3n) is 10.1. The lowest BCUT2D eigenvalue weighted by Gasteiger charge is -2.14. The van der Waals surface area contributed by atoms with Crippen molar-refractivity contribution in [2.45, 2.75) is 6.42 Å².